The van der Waals surface area contributed by atoms with Gasteiger partial charge in [-0.05, 0) is 15.9 Å². The van der Waals surface area contributed by atoms with Crippen LogP contribution < -0.4 is 4.90 Å². The van der Waals surface area contributed by atoms with Gasteiger partial charge in [0.05, 0.1) is 17.5 Å². The first kappa shape index (κ1) is 13.7. The minimum absolute atomic E-state index is 0.00288. The van der Waals surface area contributed by atoms with Crippen LogP contribution in [0.4, 0.5) is 11.5 Å². The molecule has 0 bridgehead atoms. The SMILES string of the molecule is N#CCN1CCN(c2ncc(Br)cc2[N+](=O)[O-])CC1. The molecule has 0 aliphatic carbocycles. The second-order valence-corrected chi connectivity index (χ2v) is 5.09. The van der Waals surface area contributed by atoms with Crippen LogP contribution in [0.1, 0.15) is 0 Å². The predicted octanol–water partition coefficient (Wildman–Crippen LogP) is 1.40. The first-order chi connectivity index (χ1) is 9.11. The van der Waals surface area contributed by atoms with E-state index >= 15 is 0 Å². The van der Waals surface area contributed by atoms with Crippen LogP contribution >= 0.6 is 15.9 Å². The van der Waals surface area contributed by atoms with Crippen LogP contribution in [0.3, 0.4) is 0 Å². The van der Waals surface area contributed by atoms with Crippen LogP contribution in [0.5, 0.6) is 0 Å². The Morgan fingerprint density at radius 1 is 1.47 bits per heavy atom. The molecule has 1 saturated heterocycles. The Kier molecular flexibility index (Phi) is 4.29. The summed E-state index contributed by atoms with van der Waals surface area (Å²) < 4.78 is 0.589. The molecule has 2 rings (SSSR count). The number of nitriles is 1. The van der Waals surface area contributed by atoms with E-state index in [4.69, 9.17) is 5.26 Å². The van der Waals surface area contributed by atoms with E-state index in [-0.39, 0.29) is 5.69 Å². The van der Waals surface area contributed by atoms with Gasteiger partial charge in [-0.15, -0.1) is 0 Å². The van der Waals surface area contributed by atoms with Gasteiger partial charge in [0.2, 0.25) is 5.82 Å². The van der Waals surface area contributed by atoms with E-state index in [0.29, 0.717) is 43.0 Å². The summed E-state index contributed by atoms with van der Waals surface area (Å²) in [6, 6.07) is 3.57. The molecule has 0 N–H and O–H groups in total. The summed E-state index contributed by atoms with van der Waals surface area (Å²) in [6.45, 7) is 3.09. The molecule has 0 atom stereocenters. The maximum Gasteiger partial charge on any atom is 0.312 e. The number of hydrogen-bond acceptors (Lipinski definition) is 6. The van der Waals surface area contributed by atoms with Gasteiger partial charge in [0.1, 0.15) is 0 Å². The highest BCUT2D eigenvalue weighted by molar-refractivity contribution is 9.10. The second-order valence-electron chi connectivity index (χ2n) is 4.17. The molecule has 1 aromatic heterocycles. The smallest absolute Gasteiger partial charge is 0.312 e. The van der Waals surface area contributed by atoms with E-state index in [0.717, 1.165) is 0 Å². The number of halogens is 1. The van der Waals surface area contributed by atoms with E-state index in [2.05, 4.69) is 27.0 Å². The number of aromatic nitrogens is 1. The van der Waals surface area contributed by atoms with Gasteiger partial charge in [-0.25, -0.2) is 4.98 Å². The Balaban J connectivity index is 2.16. The van der Waals surface area contributed by atoms with E-state index < -0.39 is 4.92 Å². The Bertz CT molecular complexity index is 522. The molecule has 1 aliphatic heterocycles. The van der Waals surface area contributed by atoms with Gasteiger partial charge >= 0.3 is 5.69 Å². The van der Waals surface area contributed by atoms with Crippen molar-refractivity contribution in [3.8, 4) is 6.07 Å². The van der Waals surface area contributed by atoms with Gasteiger partial charge in [-0.2, -0.15) is 5.26 Å². The van der Waals surface area contributed by atoms with E-state index in [9.17, 15) is 10.1 Å². The minimum Gasteiger partial charge on any atom is -0.348 e. The van der Waals surface area contributed by atoms with Crippen LogP contribution in [0.15, 0.2) is 16.7 Å². The first-order valence-electron chi connectivity index (χ1n) is 5.76. The number of pyridine rings is 1. The van der Waals surface area contributed by atoms with Crippen molar-refractivity contribution < 1.29 is 4.92 Å². The molecule has 19 heavy (non-hydrogen) atoms. The largest absolute Gasteiger partial charge is 0.348 e. The molecule has 7 nitrogen and oxygen atoms in total. The zero-order valence-electron chi connectivity index (χ0n) is 10.1. The monoisotopic (exact) mass is 325 g/mol. The molecule has 1 fully saturated rings. The summed E-state index contributed by atoms with van der Waals surface area (Å²) in [5.41, 5.74) is 0.00288. The molecule has 0 spiro atoms. The third-order valence-corrected chi connectivity index (χ3v) is 3.41. The Morgan fingerprint density at radius 2 is 2.16 bits per heavy atom. The number of rotatable bonds is 3. The van der Waals surface area contributed by atoms with Gasteiger partial charge in [-0.3, -0.25) is 15.0 Å². The van der Waals surface area contributed by atoms with Crippen molar-refractivity contribution in [3.63, 3.8) is 0 Å². The number of anilines is 1. The molecule has 1 aromatic rings. The molecule has 0 saturated carbocycles. The van der Waals surface area contributed by atoms with Crippen LogP contribution in [0.25, 0.3) is 0 Å². The van der Waals surface area contributed by atoms with Crippen molar-refractivity contribution in [2.45, 2.75) is 0 Å². The molecular weight excluding hydrogens is 314 g/mol. The van der Waals surface area contributed by atoms with Crippen LogP contribution in [0, 0.1) is 21.4 Å². The Morgan fingerprint density at radius 3 is 2.74 bits per heavy atom. The normalized spacial score (nSPS) is 16.1. The maximum absolute atomic E-state index is 11.0. The molecule has 0 radical (unpaired) electrons. The van der Waals surface area contributed by atoms with Gasteiger partial charge in [0, 0.05) is 42.9 Å². The van der Waals surface area contributed by atoms with Crippen molar-refractivity contribution in [1.82, 2.24) is 9.88 Å². The molecule has 2 heterocycles. The lowest BCUT2D eigenvalue weighted by Gasteiger charge is -2.33. The van der Waals surface area contributed by atoms with Crippen molar-refractivity contribution in [2.24, 2.45) is 0 Å². The molecule has 0 aromatic carbocycles. The van der Waals surface area contributed by atoms with Crippen LogP contribution in [-0.4, -0.2) is 47.5 Å². The van der Waals surface area contributed by atoms with E-state index in [1.807, 2.05) is 9.80 Å². The minimum atomic E-state index is -0.422. The summed E-state index contributed by atoms with van der Waals surface area (Å²) >= 11 is 3.19. The first-order valence-corrected chi connectivity index (χ1v) is 6.55. The standard InChI is InChI=1S/C11H12BrN5O2/c12-9-7-10(17(18)19)11(14-8-9)16-5-3-15(2-1-13)4-6-16/h7-8H,2-6H2. The molecule has 8 heteroatoms. The van der Waals surface area contributed by atoms with Gasteiger partial charge in [0.15, 0.2) is 0 Å². The molecule has 100 valence electrons. The highest BCUT2D eigenvalue weighted by atomic mass is 79.9. The van der Waals surface area contributed by atoms with Crippen molar-refractivity contribution in [3.05, 3.63) is 26.9 Å². The lowest BCUT2D eigenvalue weighted by Crippen LogP contribution is -2.46. The topological polar surface area (TPSA) is 86.3 Å². The lowest BCUT2D eigenvalue weighted by molar-refractivity contribution is -0.384. The van der Waals surface area contributed by atoms with Crippen molar-refractivity contribution in [2.75, 3.05) is 37.6 Å². The van der Waals surface area contributed by atoms with E-state index in [1.165, 1.54) is 6.07 Å². The lowest BCUT2D eigenvalue weighted by atomic mass is 10.3. The van der Waals surface area contributed by atoms with Gasteiger partial charge in [-0.1, -0.05) is 0 Å². The number of piperazine rings is 1. The molecule has 0 unspecified atom stereocenters. The summed E-state index contributed by atoms with van der Waals surface area (Å²) in [4.78, 5) is 18.7. The fourth-order valence-corrected chi connectivity index (χ4v) is 2.34. The predicted molar refractivity (Wildman–Crippen MR) is 72.9 cm³/mol. The van der Waals surface area contributed by atoms with Gasteiger partial charge < -0.3 is 4.90 Å². The fraction of sp³-hybridized carbons (Fsp3) is 0.455. The average molecular weight is 326 g/mol. The highest BCUT2D eigenvalue weighted by Crippen LogP contribution is 2.29. The average Bonchev–Trinajstić information content (AvgIpc) is 2.40. The highest BCUT2D eigenvalue weighted by Gasteiger charge is 2.25. The van der Waals surface area contributed by atoms with E-state index in [1.54, 1.807) is 6.20 Å². The quantitative estimate of drug-likeness (QED) is 0.474. The molecule has 1 aliphatic rings. The third kappa shape index (κ3) is 3.19. The third-order valence-electron chi connectivity index (χ3n) is 2.98. The molecular formula is C11H12BrN5O2. The van der Waals surface area contributed by atoms with Crippen molar-refractivity contribution >= 4 is 27.4 Å². The zero-order valence-corrected chi connectivity index (χ0v) is 11.7. The Labute approximate surface area is 118 Å². The van der Waals surface area contributed by atoms with Gasteiger partial charge in [0.25, 0.3) is 0 Å². The molecule has 0 amide bonds. The fourth-order valence-electron chi connectivity index (χ4n) is 2.02. The zero-order chi connectivity index (χ0) is 13.8. The van der Waals surface area contributed by atoms with Crippen LogP contribution in [-0.2, 0) is 0 Å². The summed E-state index contributed by atoms with van der Waals surface area (Å²) in [5, 5.41) is 19.7. The number of nitrogens with zero attached hydrogens (tertiary/aromatic N) is 5. The summed E-state index contributed by atoms with van der Waals surface area (Å²) in [7, 11) is 0. The Hall–Kier alpha value is -1.72. The maximum atomic E-state index is 11.0. The van der Waals surface area contributed by atoms with Crippen LogP contribution in [0.2, 0.25) is 0 Å². The summed E-state index contributed by atoms with van der Waals surface area (Å²) in [5.74, 6) is 0.393. The summed E-state index contributed by atoms with van der Waals surface area (Å²) in [6.07, 6.45) is 1.56. The second kappa shape index (κ2) is 5.95. The number of hydrogen-bond donors (Lipinski definition) is 0. The number of nitro groups is 1. The van der Waals surface area contributed by atoms with Crippen molar-refractivity contribution in [1.29, 1.82) is 5.26 Å².